The summed E-state index contributed by atoms with van der Waals surface area (Å²) in [4.78, 5) is 7.64. The molecule has 0 unspecified atom stereocenters. The first-order valence-corrected chi connectivity index (χ1v) is 11.4. The number of aromatic hydroxyl groups is 1. The first kappa shape index (κ1) is 22.7. The molecular formula is C23H38N4O3. The summed E-state index contributed by atoms with van der Waals surface area (Å²) >= 11 is 0. The first-order chi connectivity index (χ1) is 14.7. The molecule has 3 N–H and O–H groups in total. The molecule has 0 spiro atoms. The van der Waals surface area contributed by atoms with Crippen molar-refractivity contribution in [2.45, 2.75) is 51.0 Å². The lowest BCUT2D eigenvalue weighted by Gasteiger charge is -2.47. The number of guanidine groups is 1. The third-order valence-electron chi connectivity index (χ3n) is 6.29. The molecule has 7 nitrogen and oxygen atoms in total. The second kappa shape index (κ2) is 11.4. The number of nitrogens with zero attached hydrogens (tertiary/aromatic N) is 2. The Morgan fingerprint density at radius 2 is 1.97 bits per heavy atom. The van der Waals surface area contributed by atoms with E-state index in [9.17, 15) is 5.11 Å². The highest BCUT2D eigenvalue weighted by Crippen LogP contribution is 2.34. The van der Waals surface area contributed by atoms with Crippen LogP contribution in [0.25, 0.3) is 0 Å². The maximum Gasteiger partial charge on any atom is 0.191 e. The van der Waals surface area contributed by atoms with Crippen molar-refractivity contribution in [3.05, 3.63) is 23.8 Å². The van der Waals surface area contributed by atoms with Crippen LogP contribution < -0.4 is 15.4 Å². The quantitative estimate of drug-likeness (QED) is 0.445. The van der Waals surface area contributed by atoms with Crippen molar-refractivity contribution in [2.75, 3.05) is 53.0 Å². The molecule has 1 saturated heterocycles. The minimum Gasteiger partial charge on any atom is -0.504 e. The van der Waals surface area contributed by atoms with Gasteiger partial charge in [0.2, 0.25) is 0 Å². The smallest absolute Gasteiger partial charge is 0.191 e. The summed E-state index contributed by atoms with van der Waals surface area (Å²) in [6.07, 6.45) is 7.20. The van der Waals surface area contributed by atoms with Crippen LogP contribution in [0.15, 0.2) is 23.2 Å². The van der Waals surface area contributed by atoms with Gasteiger partial charge in [0, 0.05) is 31.7 Å². The number of hydrogen-bond donors (Lipinski definition) is 3. The van der Waals surface area contributed by atoms with Crippen molar-refractivity contribution in [1.29, 1.82) is 0 Å². The summed E-state index contributed by atoms with van der Waals surface area (Å²) in [5.74, 6) is 1.56. The highest BCUT2D eigenvalue weighted by molar-refractivity contribution is 5.79. The van der Waals surface area contributed by atoms with Gasteiger partial charge in [-0.3, -0.25) is 9.89 Å². The Morgan fingerprint density at radius 3 is 2.67 bits per heavy atom. The number of aliphatic imine (C=N–C) groups is 1. The molecule has 0 aromatic heterocycles. The fourth-order valence-corrected chi connectivity index (χ4v) is 4.59. The van der Waals surface area contributed by atoms with Gasteiger partial charge < -0.3 is 25.2 Å². The number of phenolic OH excluding ortho intramolecular Hbond substituents is 1. The predicted octanol–water partition coefficient (Wildman–Crippen LogP) is 2.53. The molecule has 1 heterocycles. The van der Waals surface area contributed by atoms with Crippen LogP contribution in [0.5, 0.6) is 11.5 Å². The lowest BCUT2D eigenvalue weighted by Crippen LogP contribution is -2.56. The number of rotatable bonds is 8. The molecule has 1 saturated carbocycles. The summed E-state index contributed by atoms with van der Waals surface area (Å²) in [5, 5.41) is 16.6. The summed E-state index contributed by atoms with van der Waals surface area (Å²) < 4.78 is 10.8. The van der Waals surface area contributed by atoms with E-state index in [0.29, 0.717) is 5.75 Å². The number of hydrogen-bond acceptors (Lipinski definition) is 5. The number of nitrogens with one attached hydrogen (secondary N) is 2. The third-order valence-corrected chi connectivity index (χ3v) is 6.29. The zero-order valence-electron chi connectivity index (χ0n) is 18.6. The van der Waals surface area contributed by atoms with E-state index < -0.39 is 0 Å². The molecule has 7 heteroatoms. The van der Waals surface area contributed by atoms with Crippen LogP contribution in [0, 0.1) is 0 Å². The van der Waals surface area contributed by atoms with E-state index in [-0.39, 0.29) is 11.3 Å². The largest absolute Gasteiger partial charge is 0.504 e. The Labute approximate surface area is 180 Å². The third kappa shape index (κ3) is 6.01. The standard InChI is InChI=1S/C23H38N4O3/c1-3-24-22(25-12-9-19-7-8-20(28)21(17-19)29-2)26-18-23(10-5-4-6-11-23)27-13-15-30-16-14-27/h7-8,17,28H,3-6,9-16,18H2,1-2H3,(H2,24,25,26). The Hall–Kier alpha value is -1.99. The molecule has 1 aliphatic heterocycles. The van der Waals surface area contributed by atoms with Crippen molar-refractivity contribution in [3.63, 3.8) is 0 Å². The number of phenols is 1. The van der Waals surface area contributed by atoms with Gasteiger partial charge in [0.05, 0.1) is 26.9 Å². The second-order valence-corrected chi connectivity index (χ2v) is 8.26. The van der Waals surface area contributed by atoms with Crippen LogP contribution >= 0.6 is 0 Å². The second-order valence-electron chi connectivity index (χ2n) is 8.26. The molecule has 0 radical (unpaired) electrons. The molecule has 1 aliphatic carbocycles. The molecule has 168 valence electrons. The zero-order chi connectivity index (χ0) is 21.2. The maximum atomic E-state index is 9.76. The van der Waals surface area contributed by atoms with Gasteiger partial charge in [-0.2, -0.15) is 0 Å². The van der Waals surface area contributed by atoms with Crippen molar-refractivity contribution in [3.8, 4) is 11.5 Å². The van der Waals surface area contributed by atoms with Crippen LogP contribution in [0.3, 0.4) is 0 Å². The fourth-order valence-electron chi connectivity index (χ4n) is 4.59. The average molecular weight is 419 g/mol. The number of benzene rings is 1. The summed E-state index contributed by atoms with van der Waals surface area (Å²) in [6, 6.07) is 5.50. The van der Waals surface area contributed by atoms with Gasteiger partial charge in [0.1, 0.15) is 0 Å². The summed E-state index contributed by atoms with van der Waals surface area (Å²) in [7, 11) is 1.57. The van der Waals surface area contributed by atoms with Crippen molar-refractivity contribution >= 4 is 5.96 Å². The van der Waals surface area contributed by atoms with Crippen molar-refractivity contribution < 1.29 is 14.6 Å². The van der Waals surface area contributed by atoms with Gasteiger partial charge in [0.25, 0.3) is 0 Å². The van der Waals surface area contributed by atoms with Gasteiger partial charge in [-0.15, -0.1) is 0 Å². The highest BCUT2D eigenvalue weighted by atomic mass is 16.5. The first-order valence-electron chi connectivity index (χ1n) is 11.4. The Balaban J connectivity index is 1.60. The SMILES string of the molecule is CCNC(=NCC1(N2CCOCC2)CCCCC1)NCCc1ccc(O)c(OC)c1. The Bertz CT molecular complexity index is 683. The average Bonchev–Trinajstić information content (AvgIpc) is 2.80. The maximum absolute atomic E-state index is 9.76. The van der Waals surface area contributed by atoms with E-state index in [1.54, 1.807) is 13.2 Å². The highest BCUT2D eigenvalue weighted by Gasteiger charge is 2.38. The number of methoxy groups -OCH3 is 1. The number of ether oxygens (including phenoxy) is 2. The lowest BCUT2D eigenvalue weighted by molar-refractivity contribution is -0.0333. The van der Waals surface area contributed by atoms with E-state index >= 15 is 0 Å². The summed E-state index contributed by atoms with van der Waals surface area (Å²) in [6.45, 7) is 8.23. The molecule has 0 atom stereocenters. The van der Waals surface area contributed by atoms with Crippen LogP contribution in [0.4, 0.5) is 0 Å². The molecule has 2 fully saturated rings. The molecule has 1 aromatic rings. The van der Waals surface area contributed by atoms with Gasteiger partial charge in [-0.05, 0) is 43.9 Å². The topological polar surface area (TPSA) is 78.4 Å². The van der Waals surface area contributed by atoms with Gasteiger partial charge in [-0.25, -0.2) is 0 Å². The van der Waals surface area contributed by atoms with E-state index in [1.165, 1.54) is 32.1 Å². The lowest BCUT2D eigenvalue weighted by atomic mass is 9.80. The van der Waals surface area contributed by atoms with E-state index in [1.807, 2.05) is 12.1 Å². The van der Waals surface area contributed by atoms with Crippen LogP contribution in [-0.2, 0) is 11.2 Å². The molecule has 2 aliphatic rings. The van der Waals surface area contributed by atoms with Gasteiger partial charge >= 0.3 is 0 Å². The van der Waals surface area contributed by atoms with Gasteiger partial charge in [0.15, 0.2) is 17.5 Å². The Morgan fingerprint density at radius 1 is 1.20 bits per heavy atom. The fraction of sp³-hybridized carbons (Fsp3) is 0.696. The normalized spacial score (nSPS) is 20.0. The molecule has 1 aromatic carbocycles. The monoisotopic (exact) mass is 418 g/mol. The van der Waals surface area contributed by atoms with Crippen LogP contribution in [0.2, 0.25) is 0 Å². The molecule has 0 amide bonds. The zero-order valence-corrected chi connectivity index (χ0v) is 18.6. The Kier molecular flexibility index (Phi) is 8.63. The molecule has 3 rings (SSSR count). The molecule has 30 heavy (non-hydrogen) atoms. The van der Waals surface area contributed by atoms with E-state index in [0.717, 1.165) is 63.9 Å². The van der Waals surface area contributed by atoms with Crippen molar-refractivity contribution in [1.82, 2.24) is 15.5 Å². The van der Waals surface area contributed by atoms with Crippen LogP contribution in [0.1, 0.15) is 44.6 Å². The summed E-state index contributed by atoms with van der Waals surface area (Å²) in [5.41, 5.74) is 1.29. The molecular weight excluding hydrogens is 380 g/mol. The van der Waals surface area contributed by atoms with Crippen molar-refractivity contribution in [2.24, 2.45) is 4.99 Å². The van der Waals surface area contributed by atoms with Crippen LogP contribution in [-0.4, -0.2) is 74.6 Å². The van der Waals surface area contributed by atoms with E-state index in [2.05, 4.69) is 22.5 Å². The minimum absolute atomic E-state index is 0.171. The predicted molar refractivity (Wildman–Crippen MR) is 121 cm³/mol. The molecule has 0 bridgehead atoms. The number of morpholine rings is 1. The van der Waals surface area contributed by atoms with Gasteiger partial charge in [-0.1, -0.05) is 25.3 Å². The van der Waals surface area contributed by atoms with E-state index in [4.69, 9.17) is 14.5 Å². The minimum atomic E-state index is 0.171.